The lowest BCUT2D eigenvalue weighted by molar-refractivity contribution is 0.0249. The fourth-order valence-electron chi connectivity index (χ4n) is 2.43. The van der Waals surface area contributed by atoms with Gasteiger partial charge in [0, 0.05) is 18.2 Å². The molecular weight excluding hydrogens is 214 g/mol. The summed E-state index contributed by atoms with van der Waals surface area (Å²) in [6.45, 7) is 5.30. The first-order chi connectivity index (χ1) is 8.11. The first-order valence-corrected chi connectivity index (χ1v) is 7.11. The quantitative estimate of drug-likeness (QED) is 0.649. The second-order valence-corrected chi connectivity index (χ2v) is 6.25. The van der Waals surface area contributed by atoms with E-state index in [-0.39, 0.29) is 18.2 Å². The highest BCUT2D eigenvalue weighted by molar-refractivity contribution is 4.93. The Morgan fingerprint density at radius 1 is 1.35 bits per heavy atom. The molecule has 0 radical (unpaired) electrons. The van der Waals surface area contributed by atoms with Crippen molar-refractivity contribution >= 4 is 0 Å². The molecule has 0 aromatic carbocycles. The van der Waals surface area contributed by atoms with Gasteiger partial charge >= 0.3 is 0 Å². The molecule has 2 N–H and O–H groups in total. The number of ether oxygens (including phenoxy) is 1. The lowest BCUT2D eigenvalue weighted by Crippen LogP contribution is -2.49. The Bertz CT molecular complexity index is 238. The second-order valence-electron chi connectivity index (χ2n) is 6.25. The van der Waals surface area contributed by atoms with E-state index in [1.807, 2.05) is 0 Å². The van der Waals surface area contributed by atoms with E-state index in [9.17, 15) is 5.11 Å². The number of nitrogens with one attached hydrogen (secondary N) is 1. The Morgan fingerprint density at radius 3 is 2.59 bits per heavy atom. The van der Waals surface area contributed by atoms with Crippen molar-refractivity contribution in [2.24, 2.45) is 5.92 Å². The molecule has 100 valence electrons. The zero-order valence-electron chi connectivity index (χ0n) is 11.2. The molecule has 0 heterocycles. The van der Waals surface area contributed by atoms with Gasteiger partial charge in [-0.3, -0.25) is 0 Å². The Kier molecular flexibility index (Phi) is 4.45. The molecule has 2 rings (SSSR count). The van der Waals surface area contributed by atoms with Gasteiger partial charge in [-0.25, -0.2) is 0 Å². The summed E-state index contributed by atoms with van der Waals surface area (Å²) < 4.78 is 5.84. The van der Waals surface area contributed by atoms with E-state index in [4.69, 9.17) is 4.74 Å². The molecule has 0 aliphatic heterocycles. The smallest absolute Gasteiger partial charge is 0.0611 e. The lowest BCUT2D eigenvalue weighted by atomic mass is 9.95. The van der Waals surface area contributed by atoms with Gasteiger partial charge in [-0.1, -0.05) is 12.8 Å². The zero-order valence-corrected chi connectivity index (χ0v) is 11.2. The van der Waals surface area contributed by atoms with E-state index < -0.39 is 0 Å². The minimum absolute atomic E-state index is 0.167. The van der Waals surface area contributed by atoms with E-state index in [2.05, 4.69) is 19.2 Å². The highest BCUT2D eigenvalue weighted by atomic mass is 16.5. The maximum Gasteiger partial charge on any atom is 0.0611 e. The van der Waals surface area contributed by atoms with Crippen LogP contribution in [0.3, 0.4) is 0 Å². The number of hydrogen-bond acceptors (Lipinski definition) is 3. The van der Waals surface area contributed by atoms with Gasteiger partial charge in [0.2, 0.25) is 0 Å². The zero-order chi connectivity index (χ0) is 12.3. The lowest BCUT2D eigenvalue weighted by Gasteiger charge is -2.31. The fourth-order valence-corrected chi connectivity index (χ4v) is 2.43. The standard InChI is InChI=1S/C14H27NO2/c1-11(17-8-7-12-3-4-12)9-14(2,10-16)15-13-5-6-13/h11-13,15-16H,3-10H2,1-2H3. The van der Waals surface area contributed by atoms with Gasteiger partial charge in [-0.2, -0.15) is 0 Å². The summed E-state index contributed by atoms with van der Waals surface area (Å²) in [6, 6.07) is 0.630. The Balaban J connectivity index is 1.63. The van der Waals surface area contributed by atoms with Gasteiger partial charge in [0.15, 0.2) is 0 Å². The molecule has 0 amide bonds. The summed E-state index contributed by atoms with van der Waals surface area (Å²) in [6.07, 6.45) is 7.65. The van der Waals surface area contributed by atoms with Crippen molar-refractivity contribution in [3.63, 3.8) is 0 Å². The third-order valence-corrected chi connectivity index (χ3v) is 3.84. The van der Waals surface area contributed by atoms with Gasteiger partial charge in [-0.15, -0.1) is 0 Å². The minimum Gasteiger partial charge on any atom is -0.394 e. The molecule has 3 nitrogen and oxygen atoms in total. The van der Waals surface area contributed by atoms with Crippen LogP contribution in [0.1, 0.15) is 52.4 Å². The molecular formula is C14H27NO2. The average Bonchev–Trinajstić information content (AvgIpc) is 3.12. The van der Waals surface area contributed by atoms with Crippen molar-refractivity contribution in [2.75, 3.05) is 13.2 Å². The van der Waals surface area contributed by atoms with Crippen molar-refractivity contribution in [1.82, 2.24) is 5.32 Å². The van der Waals surface area contributed by atoms with Gasteiger partial charge < -0.3 is 15.2 Å². The molecule has 0 spiro atoms. The van der Waals surface area contributed by atoms with E-state index >= 15 is 0 Å². The molecule has 0 saturated heterocycles. The maximum absolute atomic E-state index is 9.52. The van der Waals surface area contributed by atoms with Crippen LogP contribution in [0.25, 0.3) is 0 Å². The van der Waals surface area contributed by atoms with Crippen LogP contribution in [0.4, 0.5) is 0 Å². The van der Waals surface area contributed by atoms with Crippen LogP contribution in [0, 0.1) is 5.92 Å². The van der Waals surface area contributed by atoms with Crippen LogP contribution in [0.15, 0.2) is 0 Å². The Hall–Kier alpha value is -0.120. The van der Waals surface area contributed by atoms with E-state index in [0.717, 1.165) is 18.9 Å². The highest BCUT2D eigenvalue weighted by Gasteiger charge is 2.33. The predicted molar refractivity (Wildman–Crippen MR) is 69.0 cm³/mol. The summed E-state index contributed by atoms with van der Waals surface area (Å²) >= 11 is 0. The van der Waals surface area contributed by atoms with E-state index in [1.165, 1.54) is 32.1 Å². The van der Waals surface area contributed by atoms with Gasteiger partial charge in [0.05, 0.1) is 12.7 Å². The molecule has 2 aliphatic rings. The largest absolute Gasteiger partial charge is 0.394 e. The van der Waals surface area contributed by atoms with Crippen LogP contribution in [0.5, 0.6) is 0 Å². The summed E-state index contributed by atoms with van der Waals surface area (Å²) in [4.78, 5) is 0. The molecule has 2 saturated carbocycles. The molecule has 3 heteroatoms. The maximum atomic E-state index is 9.52. The fraction of sp³-hybridized carbons (Fsp3) is 1.00. The molecule has 0 aromatic heterocycles. The average molecular weight is 241 g/mol. The van der Waals surface area contributed by atoms with Crippen LogP contribution in [-0.4, -0.2) is 36.0 Å². The minimum atomic E-state index is -0.167. The summed E-state index contributed by atoms with van der Waals surface area (Å²) in [7, 11) is 0. The van der Waals surface area contributed by atoms with Gasteiger partial charge in [0.1, 0.15) is 0 Å². The van der Waals surface area contributed by atoms with Crippen molar-refractivity contribution < 1.29 is 9.84 Å². The van der Waals surface area contributed by atoms with Crippen LogP contribution in [-0.2, 0) is 4.74 Å². The van der Waals surface area contributed by atoms with Crippen molar-refractivity contribution in [3.05, 3.63) is 0 Å². The van der Waals surface area contributed by atoms with Crippen molar-refractivity contribution in [3.8, 4) is 0 Å². The Morgan fingerprint density at radius 2 is 2.06 bits per heavy atom. The topological polar surface area (TPSA) is 41.5 Å². The van der Waals surface area contributed by atoms with Crippen LogP contribution < -0.4 is 5.32 Å². The summed E-state index contributed by atoms with van der Waals surface area (Å²) in [5, 5.41) is 13.0. The molecule has 2 fully saturated rings. The molecule has 0 bridgehead atoms. The second kappa shape index (κ2) is 5.68. The van der Waals surface area contributed by atoms with Crippen molar-refractivity contribution in [1.29, 1.82) is 0 Å². The number of aliphatic hydroxyl groups is 1. The Labute approximate surface area is 105 Å². The first kappa shape index (κ1) is 13.3. The molecule has 2 unspecified atom stereocenters. The third-order valence-electron chi connectivity index (χ3n) is 3.84. The monoisotopic (exact) mass is 241 g/mol. The molecule has 17 heavy (non-hydrogen) atoms. The van der Waals surface area contributed by atoms with Gasteiger partial charge in [-0.05, 0) is 45.4 Å². The number of aliphatic hydroxyl groups excluding tert-OH is 1. The third kappa shape index (κ3) is 4.94. The van der Waals surface area contributed by atoms with Crippen LogP contribution in [0.2, 0.25) is 0 Å². The normalized spacial score (nSPS) is 25.6. The molecule has 0 aromatic rings. The predicted octanol–water partition coefficient (Wildman–Crippen LogP) is 2.08. The molecule has 2 atom stereocenters. The van der Waals surface area contributed by atoms with Crippen LogP contribution >= 0.6 is 0 Å². The first-order valence-electron chi connectivity index (χ1n) is 7.11. The van der Waals surface area contributed by atoms with Crippen molar-refractivity contribution in [2.45, 2.75) is 70.1 Å². The van der Waals surface area contributed by atoms with E-state index in [1.54, 1.807) is 0 Å². The SMILES string of the molecule is CC(CC(C)(CO)NC1CC1)OCCC1CC1. The van der Waals surface area contributed by atoms with E-state index in [0.29, 0.717) is 6.04 Å². The number of rotatable bonds is 9. The number of hydrogen-bond donors (Lipinski definition) is 2. The summed E-state index contributed by atoms with van der Waals surface area (Å²) in [5.74, 6) is 0.941. The molecule has 2 aliphatic carbocycles. The highest BCUT2D eigenvalue weighted by Crippen LogP contribution is 2.32. The van der Waals surface area contributed by atoms with Gasteiger partial charge in [0.25, 0.3) is 0 Å². The summed E-state index contributed by atoms with van der Waals surface area (Å²) in [5.41, 5.74) is -0.167.